The summed E-state index contributed by atoms with van der Waals surface area (Å²) in [5.41, 5.74) is 5.41. The molecule has 2 atom stereocenters. The van der Waals surface area contributed by atoms with Crippen molar-refractivity contribution < 1.29 is 37.6 Å². The molecule has 10 heteroatoms. The second-order valence-electron chi connectivity index (χ2n) is 26.6. The van der Waals surface area contributed by atoms with Gasteiger partial charge in [0.05, 0.1) is 13.2 Å². The first-order valence-electron chi connectivity index (χ1n) is 39.4. The van der Waals surface area contributed by atoms with Gasteiger partial charge >= 0.3 is 19.8 Å². The Hall–Kier alpha value is -2.55. The molecule has 0 spiro atoms. The topological polar surface area (TPSA) is 134 Å². The number of phosphoric acid groups is 1. The number of allylic oxidation sites excluding steroid dienone is 12. The molecule has 0 aliphatic rings. The lowest BCUT2D eigenvalue weighted by molar-refractivity contribution is -0.161. The summed E-state index contributed by atoms with van der Waals surface area (Å²) in [7, 11) is -4.40. The zero-order valence-electron chi connectivity index (χ0n) is 60.1. The molecule has 3 N–H and O–H groups in total. The molecule has 2 unspecified atom stereocenters. The number of ether oxygens (including phenoxy) is 2. The van der Waals surface area contributed by atoms with Crippen LogP contribution in [0.15, 0.2) is 72.9 Å². The van der Waals surface area contributed by atoms with Crippen molar-refractivity contribution in [3.63, 3.8) is 0 Å². The van der Waals surface area contributed by atoms with Crippen LogP contribution in [-0.2, 0) is 32.7 Å². The van der Waals surface area contributed by atoms with Crippen LogP contribution in [0, 0.1) is 0 Å². The number of rotatable bonds is 75. The van der Waals surface area contributed by atoms with E-state index in [1.54, 1.807) is 0 Å². The van der Waals surface area contributed by atoms with E-state index in [0.29, 0.717) is 6.42 Å². The van der Waals surface area contributed by atoms with Gasteiger partial charge in [0.15, 0.2) is 6.10 Å². The third-order valence-corrected chi connectivity index (χ3v) is 18.6. The Kier molecular flexibility index (Phi) is 74.3. The molecule has 0 saturated heterocycles. The van der Waals surface area contributed by atoms with Crippen molar-refractivity contribution in [1.29, 1.82) is 0 Å². The van der Waals surface area contributed by atoms with Crippen LogP contribution in [0.5, 0.6) is 0 Å². The quantitative estimate of drug-likeness (QED) is 0.0264. The van der Waals surface area contributed by atoms with E-state index >= 15 is 0 Å². The average molecular weight is 1300 g/mol. The van der Waals surface area contributed by atoms with Crippen molar-refractivity contribution in [2.45, 2.75) is 405 Å². The van der Waals surface area contributed by atoms with E-state index in [1.165, 1.54) is 295 Å². The largest absolute Gasteiger partial charge is 0.472 e. The summed E-state index contributed by atoms with van der Waals surface area (Å²) >= 11 is 0. The molecule has 0 aromatic carbocycles. The number of nitrogens with two attached hydrogens (primary N) is 1. The van der Waals surface area contributed by atoms with Crippen molar-refractivity contribution in [2.24, 2.45) is 5.73 Å². The lowest BCUT2D eigenvalue weighted by Crippen LogP contribution is -2.29. The summed E-state index contributed by atoms with van der Waals surface area (Å²) < 4.78 is 33.3. The fourth-order valence-corrected chi connectivity index (χ4v) is 12.5. The Bertz CT molecular complexity index is 1720. The van der Waals surface area contributed by atoms with Crippen molar-refractivity contribution in [3.05, 3.63) is 72.9 Å². The fraction of sp³-hybridized carbons (Fsp3) is 0.827. The van der Waals surface area contributed by atoms with Crippen LogP contribution >= 0.6 is 7.82 Å². The Morgan fingerprint density at radius 3 is 0.901 bits per heavy atom. The Labute approximate surface area is 564 Å². The van der Waals surface area contributed by atoms with Gasteiger partial charge in [0.2, 0.25) is 0 Å². The number of esters is 2. The van der Waals surface area contributed by atoms with Crippen LogP contribution in [-0.4, -0.2) is 49.3 Å². The summed E-state index contributed by atoms with van der Waals surface area (Å²) in [4.78, 5) is 35.4. The standard InChI is InChI=1S/C81H150NO8P/c1-3-5-7-9-11-13-15-17-19-21-23-25-27-29-31-33-34-35-36-37-38-39-40-41-42-43-44-46-47-49-51-53-55-57-59-61-63-65-67-69-71-73-80(83)87-77-79(78-89-91(85,86)88-76-75-82)90-81(84)74-72-70-68-66-64-62-60-58-56-54-52-50-48-45-32-30-28-26-24-22-20-18-16-14-12-10-8-6-4-2/h6,8,12,14-15,17-18,20-21,23-24,26,79H,3-5,7,9-11,13,16,19,22,25,27-78,82H2,1-2H3,(H,85,86)/b8-6-,14-12-,17-15-,20-18-,23-21-,26-24-. The van der Waals surface area contributed by atoms with Gasteiger partial charge in [-0.05, 0) is 83.5 Å². The molecule has 0 aliphatic heterocycles. The van der Waals surface area contributed by atoms with Gasteiger partial charge in [-0.15, -0.1) is 0 Å². The third-order valence-electron chi connectivity index (χ3n) is 17.6. The molecule has 91 heavy (non-hydrogen) atoms. The molecule has 0 heterocycles. The van der Waals surface area contributed by atoms with Gasteiger partial charge in [0.25, 0.3) is 0 Å². The summed E-state index contributed by atoms with van der Waals surface area (Å²) in [5.74, 6) is -0.808. The fourth-order valence-electron chi connectivity index (χ4n) is 11.8. The third kappa shape index (κ3) is 76.4. The molecular formula is C81H150NO8P. The Morgan fingerprint density at radius 1 is 0.341 bits per heavy atom. The highest BCUT2D eigenvalue weighted by molar-refractivity contribution is 7.47. The van der Waals surface area contributed by atoms with Gasteiger partial charge < -0.3 is 20.1 Å². The van der Waals surface area contributed by atoms with Gasteiger partial charge in [-0.2, -0.15) is 0 Å². The van der Waals surface area contributed by atoms with Gasteiger partial charge in [0, 0.05) is 19.4 Å². The molecule has 0 fully saturated rings. The van der Waals surface area contributed by atoms with E-state index in [1.807, 2.05) is 0 Å². The number of carbonyl (C=O) groups is 2. The second kappa shape index (κ2) is 76.5. The van der Waals surface area contributed by atoms with Gasteiger partial charge in [-0.1, -0.05) is 376 Å². The minimum absolute atomic E-state index is 0.0541. The maximum Gasteiger partial charge on any atom is 0.472 e. The highest BCUT2D eigenvalue weighted by Crippen LogP contribution is 2.43. The molecule has 9 nitrogen and oxygen atoms in total. The Balaban J connectivity index is 3.74. The van der Waals surface area contributed by atoms with Crippen LogP contribution in [0.4, 0.5) is 0 Å². The first kappa shape index (κ1) is 88.5. The van der Waals surface area contributed by atoms with E-state index in [-0.39, 0.29) is 38.6 Å². The van der Waals surface area contributed by atoms with Gasteiger partial charge in [-0.25, -0.2) is 4.57 Å². The van der Waals surface area contributed by atoms with Crippen LogP contribution < -0.4 is 5.73 Å². The first-order chi connectivity index (χ1) is 44.8. The smallest absolute Gasteiger partial charge is 0.462 e. The number of hydrogen-bond donors (Lipinski definition) is 2. The normalized spacial score (nSPS) is 13.2. The van der Waals surface area contributed by atoms with Crippen LogP contribution in [0.2, 0.25) is 0 Å². The molecule has 0 saturated carbocycles. The molecule has 0 aliphatic carbocycles. The molecule has 532 valence electrons. The van der Waals surface area contributed by atoms with E-state index in [2.05, 4.69) is 86.8 Å². The predicted octanol–water partition coefficient (Wildman–Crippen LogP) is 26.3. The van der Waals surface area contributed by atoms with Crippen molar-refractivity contribution >= 4 is 19.8 Å². The van der Waals surface area contributed by atoms with Gasteiger partial charge in [0.1, 0.15) is 6.61 Å². The lowest BCUT2D eigenvalue weighted by Gasteiger charge is -2.19. The van der Waals surface area contributed by atoms with E-state index < -0.39 is 26.5 Å². The van der Waals surface area contributed by atoms with Crippen LogP contribution in [0.25, 0.3) is 0 Å². The number of carbonyl (C=O) groups excluding carboxylic acids is 2. The average Bonchev–Trinajstić information content (AvgIpc) is 3.68. The lowest BCUT2D eigenvalue weighted by atomic mass is 10.0. The Morgan fingerprint density at radius 2 is 0.604 bits per heavy atom. The minimum Gasteiger partial charge on any atom is -0.462 e. The monoisotopic (exact) mass is 1300 g/mol. The van der Waals surface area contributed by atoms with Crippen molar-refractivity contribution in [1.82, 2.24) is 0 Å². The van der Waals surface area contributed by atoms with Crippen molar-refractivity contribution in [3.8, 4) is 0 Å². The first-order valence-corrected chi connectivity index (χ1v) is 40.9. The zero-order chi connectivity index (χ0) is 65.8. The zero-order valence-corrected chi connectivity index (χ0v) is 61.0. The minimum atomic E-state index is -4.40. The van der Waals surface area contributed by atoms with Crippen LogP contribution in [0.3, 0.4) is 0 Å². The summed E-state index contributed by atoms with van der Waals surface area (Å²) in [6.07, 6.45) is 102. The summed E-state index contributed by atoms with van der Waals surface area (Å²) in [5, 5.41) is 0. The number of phosphoric ester groups is 1. The molecular weight excluding hydrogens is 1150 g/mol. The predicted molar refractivity (Wildman–Crippen MR) is 395 cm³/mol. The van der Waals surface area contributed by atoms with E-state index in [9.17, 15) is 19.0 Å². The molecule has 0 rings (SSSR count). The highest BCUT2D eigenvalue weighted by Gasteiger charge is 2.26. The van der Waals surface area contributed by atoms with E-state index in [0.717, 1.165) is 70.6 Å². The SMILES string of the molecule is CC/C=C\C/C=C\C/C=C\C/C=C\CCCCCCCCCCCCCCCCCCC(=O)OC(COC(=O)CCCCCCCCCCCCCCCCCCCCCCCCCCCCCCC/C=C\C/C=C\CCCCCCC)COP(=O)(O)OCCN. The van der Waals surface area contributed by atoms with Crippen molar-refractivity contribution in [2.75, 3.05) is 26.4 Å². The highest BCUT2D eigenvalue weighted by atomic mass is 31.2. The summed E-state index contributed by atoms with van der Waals surface area (Å²) in [6.45, 7) is 3.69. The maximum atomic E-state index is 12.8. The molecule has 0 amide bonds. The summed E-state index contributed by atoms with van der Waals surface area (Å²) in [6, 6.07) is 0. The van der Waals surface area contributed by atoms with E-state index in [4.69, 9.17) is 24.3 Å². The van der Waals surface area contributed by atoms with Crippen LogP contribution in [0.1, 0.15) is 399 Å². The number of unbranched alkanes of at least 4 members (excludes halogenated alkanes) is 50. The number of hydrogen-bond acceptors (Lipinski definition) is 8. The second-order valence-corrected chi connectivity index (χ2v) is 28.0. The molecule has 0 aromatic rings. The maximum absolute atomic E-state index is 12.8. The molecule has 0 radical (unpaired) electrons. The molecule has 0 aromatic heterocycles. The van der Waals surface area contributed by atoms with Gasteiger partial charge in [-0.3, -0.25) is 18.6 Å². The molecule has 0 bridgehead atoms.